The van der Waals surface area contributed by atoms with Crippen molar-refractivity contribution in [2.75, 3.05) is 27.1 Å². The van der Waals surface area contributed by atoms with Crippen LogP contribution < -0.4 is 4.74 Å². The number of pyridine rings is 1. The molecule has 0 N–H and O–H groups in total. The molecule has 0 unspecified atom stereocenters. The van der Waals surface area contributed by atoms with E-state index < -0.39 is 0 Å². The molecule has 4 nitrogen and oxygen atoms in total. The second-order valence-electron chi connectivity index (χ2n) is 4.07. The van der Waals surface area contributed by atoms with Gasteiger partial charge in [-0.3, -0.25) is 4.98 Å². The molecule has 2 rings (SSSR count). The maximum Gasteiger partial charge on any atom is 0.189 e. The molecule has 0 aliphatic rings. The number of ether oxygens (including phenoxy) is 3. The van der Waals surface area contributed by atoms with Gasteiger partial charge in [0.25, 0.3) is 0 Å². The van der Waals surface area contributed by atoms with Crippen LogP contribution in [0.4, 0.5) is 0 Å². The summed E-state index contributed by atoms with van der Waals surface area (Å²) < 4.78 is 16.8. The number of fused-ring (bicyclic) bond motifs is 1. The fourth-order valence-corrected chi connectivity index (χ4v) is 2.44. The summed E-state index contributed by atoms with van der Waals surface area (Å²) >= 11 is 3.51. The SMILES string of the molecule is COCCOCOc1c(Br)cc(C)c2cccnc12. The zero-order chi connectivity index (χ0) is 13.7. The molecule has 0 fully saturated rings. The van der Waals surface area contributed by atoms with Crippen LogP contribution in [0.5, 0.6) is 5.75 Å². The predicted octanol–water partition coefficient (Wildman–Crippen LogP) is 3.31. The molecule has 1 heterocycles. The van der Waals surface area contributed by atoms with Crippen molar-refractivity contribution < 1.29 is 14.2 Å². The molecule has 1 aromatic heterocycles. The van der Waals surface area contributed by atoms with Crippen LogP contribution in [0.2, 0.25) is 0 Å². The molecule has 0 saturated heterocycles. The minimum Gasteiger partial charge on any atom is -0.464 e. The molecule has 102 valence electrons. The third-order valence-electron chi connectivity index (χ3n) is 2.73. The summed E-state index contributed by atoms with van der Waals surface area (Å²) in [4.78, 5) is 4.38. The Labute approximate surface area is 120 Å². The first kappa shape index (κ1) is 14.2. The van der Waals surface area contributed by atoms with Gasteiger partial charge in [0.1, 0.15) is 5.52 Å². The fourth-order valence-electron chi connectivity index (χ4n) is 1.79. The van der Waals surface area contributed by atoms with E-state index in [0.717, 1.165) is 20.9 Å². The predicted molar refractivity (Wildman–Crippen MR) is 77.5 cm³/mol. The van der Waals surface area contributed by atoms with E-state index in [-0.39, 0.29) is 6.79 Å². The Balaban J connectivity index is 2.18. The zero-order valence-corrected chi connectivity index (χ0v) is 12.6. The highest BCUT2D eigenvalue weighted by Gasteiger charge is 2.10. The average molecular weight is 326 g/mol. The lowest BCUT2D eigenvalue weighted by Crippen LogP contribution is -2.08. The number of hydrogen-bond donors (Lipinski definition) is 0. The lowest BCUT2D eigenvalue weighted by Gasteiger charge is -2.12. The number of nitrogens with zero attached hydrogens (tertiary/aromatic N) is 1. The van der Waals surface area contributed by atoms with Crippen molar-refractivity contribution in [2.45, 2.75) is 6.92 Å². The summed E-state index contributed by atoms with van der Waals surface area (Å²) in [7, 11) is 1.64. The second kappa shape index (κ2) is 6.84. The van der Waals surface area contributed by atoms with E-state index in [0.29, 0.717) is 19.0 Å². The zero-order valence-electron chi connectivity index (χ0n) is 11.0. The topological polar surface area (TPSA) is 40.6 Å². The van der Waals surface area contributed by atoms with Gasteiger partial charge in [0.05, 0.1) is 17.7 Å². The van der Waals surface area contributed by atoms with Gasteiger partial charge in [-0.05, 0) is 40.5 Å². The molecule has 19 heavy (non-hydrogen) atoms. The maximum atomic E-state index is 5.66. The van der Waals surface area contributed by atoms with E-state index in [1.165, 1.54) is 0 Å². The number of benzene rings is 1. The Kier molecular flexibility index (Phi) is 5.13. The van der Waals surface area contributed by atoms with Crippen molar-refractivity contribution in [3.8, 4) is 5.75 Å². The first-order valence-electron chi connectivity index (χ1n) is 5.97. The second-order valence-corrected chi connectivity index (χ2v) is 4.92. The van der Waals surface area contributed by atoms with Gasteiger partial charge in [0.2, 0.25) is 0 Å². The lowest BCUT2D eigenvalue weighted by atomic mass is 10.1. The number of halogens is 1. The van der Waals surface area contributed by atoms with Crippen LogP contribution in [-0.4, -0.2) is 32.1 Å². The van der Waals surface area contributed by atoms with E-state index in [9.17, 15) is 0 Å². The molecular weight excluding hydrogens is 310 g/mol. The van der Waals surface area contributed by atoms with E-state index in [2.05, 4.69) is 20.9 Å². The quantitative estimate of drug-likeness (QED) is 0.603. The minimum atomic E-state index is 0.177. The van der Waals surface area contributed by atoms with Crippen LogP contribution in [0.25, 0.3) is 10.9 Å². The molecule has 0 aliphatic carbocycles. The number of hydrogen-bond acceptors (Lipinski definition) is 4. The highest BCUT2D eigenvalue weighted by Crippen LogP contribution is 2.34. The average Bonchev–Trinajstić information content (AvgIpc) is 2.42. The molecule has 0 atom stereocenters. The summed E-state index contributed by atoms with van der Waals surface area (Å²) in [5.74, 6) is 0.707. The van der Waals surface area contributed by atoms with Crippen molar-refractivity contribution in [1.82, 2.24) is 4.98 Å². The smallest absolute Gasteiger partial charge is 0.189 e. The number of rotatable bonds is 6. The Hall–Kier alpha value is -1.17. The molecule has 1 aromatic carbocycles. The maximum absolute atomic E-state index is 5.66. The Morgan fingerprint density at radius 2 is 2.16 bits per heavy atom. The van der Waals surface area contributed by atoms with Crippen molar-refractivity contribution in [1.29, 1.82) is 0 Å². The van der Waals surface area contributed by atoms with Gasteiger partial charge in [0.15, 0.2) is 12.5 Å². The molecule has 0 bridgehead atoms. The number of methoxy groups -OCH3 is 1. The van der Waals surface area contributed by atoms with Crippen molar-refractivity contribution in [3.05, 3.63) is 34.4 Å². The third-order valence-corrected chi connectivity index (χ3v) is 3.32. The van der Waals surface area contributed by atoms with Gasteiger partial charge in [-0.2, -0.15) is 0 Å². The molecule has 0 amide bonds. The largest absolute Gasteiger partial charge is 0.464 e. The Morgan fingerprint density at radius 3 is 2.95 bits per heavy atom. The summed E-state index contributed by atoms with van der Waals surface area (Å²) in [5, 5.41) is 1.08. The first-order chi connectivity index (χ1) is 9.24. The summed E-state index contributed by atoms with van der Waals surface area (Å²) in [6, 6.07) is 5.97. The van der Waals surface area contributed by atoms with Crippen LogP contribution >= 0.6 is 15.9 Å². The van der Waals surface area contributed by atoms with Crippen LogP contribution in [0.3, 0.4) is 0 Å². The van der Waals surface area contributed by atoms with Gasteiger partial charge in [-0.25, -0.2) is 0 Å². The van der Waals surface area contributed by atoms with Crippen molar-refractivity contribution in [3.63, 3.8) is 0 Å². The first-order valence-corrected chi connectivity index (χ1v) is 6.76. The van der Waals surface area contributed by atoms with Crippen molar-refractivity contribution >= 4 is 26.8 Å². The molecule has 0 radical (unpaired) electrons. The molecule has 0 aliphatic heterocycles. The summed E-state index contributed by atoms with van der Waals surface area (Å²) in [6.45, 7) is 3.28. The summed E-state index contributed by atoms with van der Waals surface area (Å²) in [5.41, 5.74) is 1.99. The highest BCUT2D eigenvalue weighted by atomic mass is 79.9. The Morgan fingerprint density at radius 1 is 1.32 bits per heavy atom. The van der Waals surface area contributed by atoms with E-state index in [1.54, 1.807) is 13.3 Å². The standard InChI is InChI=1S/C14H16BrNO3/c1-10-8-12(15)14(19-9-18-7-6-17-2)13-11(10)4-3-5-16-13/h3-5,8H,6-7,9H2,1-2H3. The number of aryl methyl sites for hydroxylation is 1. The normalized spacial score (nSPS) is 10.9. The van der Waals surface area contributed by atoms with Gasteiger partial charge in [0, 0.05) is 18.7 Å². The lowest BCUT2D eigenvalue weighted by molar-refractivity contribution is -0.00820. The minimum absolute atomic E-state index is 0.177. The molecular formula is C14H16BrNO3. The molecule has 2 aromatic rings. The van der Waals surface area contributed by atoms with Crippen LogP contribution in [-0.2, 0) is 9.47 Å². The van der Waals surface area contributed by atoms with Gasteiger partial charge < -0.3 is 14.2 Å². The van der Waals surface area contributed by atoms with Crippen LogP contribution in [0, 0.1) is 6.92 Å². The van der Waals surface area contributed by atoms with Crippen LogP contribution in [0.1, 0.15) is 5.56 Å². The van der Waals surface area contributed by atoms with E-state index in [4.69, 9.17) is 14.2 Å². The van der Waals surface area contributed by atoms with Crippen LogP contribution in [0.15, 0.2) is 28.9 Å². The molecule has 0 saturated carbocycles. The third kappa shape index (κ3) is 3.43. The monoisotopic (exact) mass is 325 g/mol. The molecule has 5 heteroatoms. The summed E-state index contributed by atoms with van der Waals surface area (Å²) in [6.07, 6.45) is 1.76. The van der Waals surface area contributed by atoms with Gasteiger partial charge >= 0.3 is 0 Å². The van der Waals surface area contributed by atoms with E-state index >= 15 is 0 Å². The van der Waals surface area contributed by atoms with E-state index in [1.807, 2.05) is 25.1 Å². The molecule has 0 spiro atoms. The Bertz CT molecular complexity index is 560. The number of aromatic nitrogens is 1. The van der Waals surface area contributed by atoms with Crippen molar-refractivity contribution in [2.24, 2.45) is 0 Å². The highest BCUT2D eigenvalue weighted by molar-refractivity contribution is 9.10. The van der Waals surface area contributed by atoms with Gasteiger partial charge in [-0.15, -0.1) is 0 Å². The fraction of sp³-hybridized carbons (Fsp3) is 0.357. The van der Waals surface area contributed by atoms with Gasteiger partial charge in [-0.1, -0.05) is 6.07 Å².